The van der Waals surface area contributed by atoms with Crippen molar-refractivity contribution >= 4 is 17.6 Å². The summed E-state index contributed by atoms with van der Waals surface area (Å²) in [6.07, 6.45) is 0. The van der Waals surface area contributed by atoms with E-state index in [1.807, 2.05) is 0 Å². The van der Waals surface area contributed by atoms with Crippen LogP contribution >= 0.6 is 0 Å². The summed E-state index contributed by atoms with van der Waals surface area (Å²) in [5.41, 5.74) is 15.6. The minimum absolute atomic E-state index is 0.250. The lowest BCUT2D eigenvalue weighted by Gasteiger charge is -1.80. The third-order valence-corrected chi connectivity index (χ3v) is 0.780. The van der Waals surface area contributed by atoms with Crippen LogP contribution in [0.3, 0.4) is 0 Å². The van der Waals surface area contributed by atoms with Crippen LogP contribution in [-0.2, 0) is 0 Å². The SMILES string of the molecule is Nc1nc(N)c(N)[nH]1. The zero-order chi connectivity index (χ0) is 6.15. The predicted octanol–water partition coefficient (Wildman–Crippen LogP) is -0.844. The van der Waals surface area contributed by atoms with E-state index >= 15 is 0 Å². The Balaban J connectivity index is 3.14. The fourth-order valence-electron chi connectivity index (χ4n) is 0.420. The van der Waals surface area contributed by atoms with E-state index in [-0.39, 0.29) is 11.8 Å². The average Bonchev–Trinajstić information content (AvgIpc) is 1.85. The van der Waals surface area contributed by atoms with Crippen molar-refractivity contribution < 1.29 is 0 Å². The van der Waals surface area contributed by atoms with E-state index in [0.29, 0.717) is 5.82 Å². The average molecular weight is 113 g/mol. The van der Waals surface area contributed by atoms with Crippen LogP contribution in [0.2, 0.25) is 0 Å². The van der Waals surface area contributed by atoms with Gasteiger partial charge >= 0.3 is 0 Å². The Hall–Kier alpha value is -1.39. The van der Waals surface area contributed by atoms with Gasteiger partial charge in [0.05, 0.1) is 0 Å². The number of aromatic nitrogens is 2. The van der Waals surface area contributed by atoms with E-state index in [4.69, 9.17) is 17.2 Å². The van der Waals surface area contributed by atoms with Crippen LogP contribution in [0.15, 0.2) is 0 Å². The topological polar surface area (TPSA) is 107 Å². The van der Waals surface area contributed by atoms with Gasteiger partial charge in [0.25, 0.3) is 0 Å². The zero-order valence-corrected chi connectivity index (χ0v) is 4.18. The van der Waals surface area contributed by atoms with Gasteiger partial charge in [0.15, 0.2) is 5.82 Å². The van der Waals surface area contributed by atoms with Gasteiger partial charge in [0.2, 0.25) is 5.95 Å². The van der Waals surface area contributed by atoms with Crippen molar-refractivity contribution in [3.05, 3.63) is 0 Å². The van der Waals surface area contributed by atoms with Gasteiger partial charge in [0.1, 0.15) is 5.82 Å². The summed E-state index contributed by atoms with van der Waals surface area (Å²) in [6, 6.07) is 0. The number of hydrogen-bond acceptors (Lipinski definition) is 4. The summed E-state index contributed by atoms with van der Waals surface area (Å²) in [6.45, 7) is 0. The highest BCUT2D eigenvalue weighted by molar-refractivity contribution is 5.56. The summed E-state index contributed by atoms with van der Waals surface area (Å²) >= 11 is 0. The van der Waals surface area contributed by atoms with Crippen LogP contribution in [0.5, 0.6) is 0 Å². The first-order chi connectivity index (χ1) is 3.70. The monoisotopic (exact) mass is 113 g/mol. The smallest absolute Gasteiger partial charge is 0.201 e. The van der Waals surface area contributed by atoms with Crippen LogP contribution in [-0.4, -0.2) is 9.97 Å². The first kappa shape index (κ1) is 4.76. The molecule has 0 fully saturated rings. The van der Waals surface area contributed by atoms with Crippen molar-refractivity contribution in [2.75, 3.05) is 17.2 Å². The number of anilines is 3. The molecule has 1 rings (SSSR count). The Kier molecular flexibility index (Phi) is 0.768. The molecule has 44 valence electrons. The molecule has 0 aromatic carbocycles. The number of imidazole rings is 1. The molecule has 8 heavy (non-hydrogen) atoms. The van der Waals surface area contributed by atoms with Gasteiger partial charge in [-0.15, -0.1) is 0 Å². The number of nitrogen functional groups attached to an aromatic ring is 3. The summed E-state index contributed by atoms with van der Waals surface area (Å²) in [4.78, 5) is 6.11. The molecular weight excluding hydrogens is 106 g/mol. The Morgan fingerprint density at radius 1 is 1.25 bits per heavy atom. The maximum Gasteiger partial charge on any atom is 0.201 e. The Bertz CT molecular complexity index is 170. The van der Waals surface area contributed by atoms with E-state index in [2.05, 4.69) is 9.97 Å². The van der Waals surface area contributed by atoms with E-state index in [0.717, 1.165) is 0 Å². The molecule has 0 amide bonds. The zero-order valence-electron chi connectivity index (χ0n) is 4.18. The highest BCUT2D eigenvalue weighted by atomic mass is 15.1. The molecule has 1 aromatic rings. The van der Waals surface area contributed by atoms with E-state index in [9.17, 15) is 0 Å². The highest BCUT2D eigenvalue weighted by Crippen LogP contribution is 2.09. The third-order valence-electron chi connectivity index (χ3n) is 0.780. The van der Waals surface area contributed by atoms with E-state index in [1.54, 1.807) is 0 Å². The number of H-pyrrole nitrogens is 1. The first-order valence-electron chi connectivity index (χ1n) is 2.06. The van der Waals surface area contributed by atoms with Gasteiger partial charge < -0.3 is 22.2 Å². The molecule has 5 heteroatoms. The second-order valence-corrected chi connectivity index (χ2v) is 1.42. The fourth-order valence-corrected chi connectivity index (χ4v) is 0.420. The lowest BCUT2D eigenvalue weighted by Crippen LogP contribution is -1.91. The summed E-state index contributed by atoms with van der Waals surface area (Å²) < 4.78 is 0. The number of nitrogens with two attached hydrogens (primary N) is 3. The van der Waals surface area contributed by atoms with Crippen LogP contribution in [0.25, 0.3) is 0 Å². The van der Waals surface area contributed by atoms with Crippen LogP contribution in [0, 0.1) is 0 Å². The number of rotatable bonds is 0. The van der Waals surface area contributed by atoms with Crippen LogP contribution < -0.4 is 17.2 Å². The fraction of sp³-hybridized carbons (Fsp3) is 0. The standard InChI is InChI=1S/C3H7N5/c4-1-2(5)8-3(6)7-1/h4-5H2,(H3,6,7,8). The van der Waals surface area contributed by atoms with Crippen molar-refractivity contribution in [3.8, 4) is 0 Å². The van der Waals surface area contributed by atoms with Crippen molar-refractivity contribution in [3.63, 3.8) is 0 Å². The van der Waals surface area contributed by atoms with Crippen molar-refractivity contribution in [2.24, 2.45) is 0 Å². The van der Waals surface area contributed by atoms with Gasteiger partial charge in [-0.2, -0.15) is 4.98 Å². The molecule has 0 aliphatic rings. The molecule has 5 nitrogen and oxygen atoms in total. The van der Waals surface area contributed by atoms with Crippen LogP contribution in [0.1, 0.15) is 0 Å². The first-order valence-corrected chi connectivity index (χ1v) is 2.06. The largest absolute Gasteiger partial charge is 0.382 e. The molecule has 0 saturated carbocycles. The van der Waals surface area contributed by atoms with Gasteiger partial charge in [-0.1, -0.05) is 0 Å². The van der Waals surface area contributed by atoms with Crippen molar-refractivity contribution in [1.82, 2.24) is 9.97 Å². The lowest BCUT2D eigenvalue weighted by atomic mass is 10.7. The number of hydrogen-bond donors (Lipinski definition) is 4. The van der Waals surface area contributed by atoms with Gasteiger partial charge in [-0.05, 0) is 0 Å². The Morgan fingerprint density at radius 2 is 1.88 bits per heavy atom. The second-order valence-electron chi connectivity index (χ2n) is 1.42. The van der Waals surface area contributed by atoms with Gasteiger partial charge in [0, 0.05) is 0 Å². The van der Waals surface area contributed by atoms with Crippen molar-refractivity contribution in [2.45, 2.75) is 0 Å². The molecule has 0 bridgehead atoms. The van der Waals surface area contributed by atoms with Gasteiger partial charge in [-0.3, -0.25) is 0 Å². The number of nitrogens with one attached hydrogen (secondary N) is 1. The highest BCUT2D eigenvalue weighted by Gasteiger charge is 1.96. The second kappa shape index (κ2) is 1.29. The normalized spacial score (nSPS) is 9.50. The lowest BCUT2D eigenvalue weighted by molar-refractivity contribution is 1.33. The van der Waals surface area contributed by atoms with Crippen molar-refractivity contribution in [1.29, 1.82) is 0 Å². The molecule has 0 atom stereocenters. The number of nitrogens with zero attached hydrogens (tertiary/aromatic N) is 1. The Labute approximate surface area is 45.9 Å². The quantitative estimate of drug-likeness (QED) is 0.351. The minimum atomic E-state index is 0.250. The molecule has 1 aromatic heterocycles. The maximum atomic E-state index is 5.22. The molecule has 0 aliphatic carbocycles. The molecule has 1 heterocycles. The Morgan fingerprint density at radius 3 is 2.00 bits per heavy atom. The number of aromatic amines is 1. The van der Waals surface area contributed by atoms with Gasteiger partial charge in [-0.25, -0.2) is 0 Å². The predicted molar refractivity (Wildman–Crippen MR) is 31.8 cm³/mol. The molecule has 0 radical (unpaired) electrons. The molecule has 0 unspecified atom stereocenters. The third kappa shape index (κ3) is 0.534. The molecule has 7 N–H and O–H groups in total. The molecule has 0 aliphatic heterocycles. The van der Waals surface area contributed by atoms with E-state index in [1.165, 1.54) is 0 Å². The van der Waals surface area contributed by atoms with Crippen LogP contribution in [0.4, 0.5) is 17.6 Å². The molecular formula is C3H7N5. The van der Waals surface area contributed by atoms with E-state index < -0.39 is 0 Å². The molecule has 0 saturated heterocycles. The summed E-state index contributed by atoms with van der Waals surface area (Å²) in [5, 5.41) is 0. The molecule has 0 spiro atoms. The minimum Gasteiger partial charge on any atom is -0.382 e. The maximum absolute atomic E-state index is 5.22. The summed E-state index contributed by atoms with van der Waals surface area (Å²) in [5.74, 6) is 0.824. The summed E-state index contributed by atoms with van der Waals surface area (Å²) in [7, 11) is 0.